The van der Waals surface area contributed by atoms with Crippen molar-refractivity contribution in [2.75, 3.05) is 13.7 Å². The van der Waals surface area contributed by atoms with Crippen LogP contribution in [-0.4, -0.2) is 105 Å². The number of rotatable bonds is 9. The Morgan fingerprint density at radius 3 is 2.42 bits per heavy atom. The van der Waals surface area contributed by atoms with Crippen LogP contribution in [0.25, 0.3) is 0 Å². The number of benzene rings is 2. The molecule has 0 radical (unpaired) electrons. The molecule has 258 valence electrons. The number of hydrogen-bond donors (Lipinski definition) is 7. The number of carbonyl (C=O) groups excluding carboxylic acids is 5. The number of phenolic OH excluding ortho intramolecular Hbond substituents is 2. The van der Waals surface area contributed by atoms with E-state index in [1.807, 2.05) is 0 Å². The van der Waals surface area contributed by atoms with Crippen LogP contribution in [0, 0.1) is 0 Å². The number of aliphatic hydroxyl groups excluding tert-OH is 2. The molecule has 48 heavy (non-hydrogen) atoms. The molecule has 0 spiro atoms. The number of aliphatic hydroxyl groups is 3. The third-order valence-corrected chi connectivity index (χ3v) is 9.19. The summed E-state index contributed by atoms with van der Waals surface area (Å²) in [6, 6.07) is 2.46. The molecule has 0 aromatic heterocycles. The molecule has 3 aliphatic rings. The van der Waals surface area contributed by atoms with Crippen molar-refractivity contribution >= 4 is 29.2 Å². The normalized spacial score (nSPS) is 26.9. The number of ether oxygens (including phenoxy) is 3. The number of phenols is 2. The number of ketones is 3. The van der Waals surface area contributed by atoms with E-state index in [0.717, 1.165) is 0 Å². The predicted molar refractivity (Wildman–Crippen MR) is 164 cm³/mol. The van der Waals surface area contributed by atoms with E-state index in [4.69, 9.17) is 14.2 Å². The third kappa shape index (κ3) is 5.92. The Labute approximate surface area is 274 Å². The lowest BCUT2D eigenvalue weighted by Gasteiger charge is -2.43. The molecule has 7 N–H and O–H groups in total. The first-order chi connectivity index (χ1) is 22.7. The molecule has 2 aromatic carbocycles. The number of hydrogen-bond acceptors (Lipinski definition) is 13. The fourth-order valence-electron chi connectivity index (χ4n) is 6.74. The molecule has 5 rings (SSSR count). The van der Waals surface area contributed by atoms with Gasteiger partial charge in [-0.25, -0.2) is 0 Å². The molecule has 1 aliphatic heterocycles. The first kappa shape index (κ1) is 34.9. The molecule has 7 atom stereocenters. The smallest absolute Gasteiger partial charge is 0.242 e. The molecule has 2 amide bonds. The summed E-state index contributed by atoms with van der Waals surface area (Å²) >= 11 is 0. The van der Waals surface area contributed by atoms with Gasteiger partial charge in [-0.2, -0.15) is 0 Å². The van der Waals surface area contributed by atoms with E-state index < -0.39 is 114 Å². The van der Waals surface area contributed by atoms with Crippen LogP contribution in [0.1, 0.15) is 89.1 Å². The minimum atomic E-state index is -2.34. The second-order valence-corrected chi connectivity index (χ2v) is 12.3. The zero-order valence-corrected chi connectivity index (χ0v) is 26.7. The lowest BCUT2D eigenvalue weighted by atomic mass is 9.72. The van der Waals surface area contributed by atoms with Gasteiger partial charge < -0.3 is 50.4 Å². The average Bonchev–Trinajstić information content (AvgIpc) is 3.05. The van der Waals surface area contributed by atoms with E-state index in [9.17, 15) is 49.5 Å². The molecule has 1 heterocycles. The zero-order valence-electron chi connectivity index (χ0n) is 26.7. The van der Waals surface area contributed by atoms with E-state index >= 15 is 0 Å². The van der Waals surface area contributed by atoms with Crippen LogP contribution in [0.4, 0.5) is 0 Å². The molecule has 15 nitrogen and oxygen atoms in total. The highest BCUT2D eigenvalue weighted by molar-refractivity contribution is 6.31. The van der Waals surface area contributed by atoms with E-state index in [1.165, 1.54) is 39.2 Å². The van der Waals surface area contributed by atoms with Gasteiger partial charge in [0.1, 0.15) is 41.6 Å². The summed E-state index contributed by atoms with van der Waals surface area (Å²) in [6.45, 7) is 3.39. The van der Waals surface area contributed by atoms with Crippen LogP contribution in [0.15, 0.2) is 18.2 Å². The number of Topliss-reactive ketones (excluding diaryl/α,β-unsaturated/α-hetero) is 1. The fraction of sp³-hybridized carbons (Fsp3) is 0.485. The summed E-state index contributed by atoms with van der Waals surface area (Å²) in [5.74, 6) is -5.08. The van der Waals surface area contributed by atoms with E-state index in [1.54, 1.807) is 6.92 Å². The molecular formula is C33H38N2O13. The third-order valence-electron chi connectivity index (χ3n) is 9.19. The van der Waals surface area contributed by atoms with Crippen molar-refractivity contribution in [2.24, 2.45) is 0 Å². The standard InChI is InChI=1S/C33H38N2O13/c1-5-17(34-14(3)37)32(44)35-18-9-22(47-13(2)27(18)39)48-20-11-33(45,21(38)12-36)10-16-24(20)31(43)26-25(29(16)41)28(40)15-7-6-8-19(46-4)23(15)30(26)42/h6-8,13,17-18,20,22,27,36,39,41,43,45H,5,9-12H2,1-4H3,(H,34,37)(H,35,44)/t13?,17?,18-,20+,22+,27-,33+/m1/s1. The lowest BCUT2D eigenvalue weighted by molar-refractivity contribution is -0.249. The molecular weight excluding hydrogens is 632 g/mol. The van der Waals surface area contributed by atoms with E-state index in [0.29, 0.717) is 0 Å². The van der Waals surface area contributed by atoms with E-state index in [-0.39, 0.29) is 40.8 Å². The van der Waals surface area contributed by atoms with Crippen LogP contribution < -0.4 is 15.4 Å². The largest absolute Gasteiger partial charge is 0.507 e. The van der Waals surface area contributed by atoms with Crippen LogP contribution in [-0.2, 0) is 30.3 Å². The summed E-state index contributed by atoms with van der Waals surface area (Å²) in [7, 11) is 1.30. The minimum Gasteiger partial charge on any atom is -0.507 e. The Bertz CT molecular complexity index is 1690. The minimum absolute atomic E-state index is 0.0592. The van der Waals surface area contributed by atoms with Crippen molar-refractivity contribution in [3.63, 3.8) is 0 Å². The number of carbonyl (C=O) groups is 5. The monoisotopic (exact) mass is 670 g/mol. The topological polar surface area (TPSA) is 238 Å². The number of aromatic hydroxyl groups is 2. The number of amides is 2. The maximum absolute atomic E-state index is 13.8. The highest BCUT2D eigenvalue weighted by Gasteiger charge is 2.50. The second-order valence-electron chi connectivity index (χ2n) is 12.3. The van der Waals surface area contributed by atoms with Crippen molar-refractivity contribution < 1.29 is 63.7 Å². The zero-order chi connectivity index (χ0) is 35.2. The number of methoxy groups -OCH3 is 1. The first-order valence-electron chi connectivity index (χ1n) is 15.5. The van der Waals surface area contributed by atoms with Gasteiger partial charge in [0.05, 0.1) is 42.0 Å². The molecule has 2 aliphatic carbocycles. The van der Waals surface area contributed by atoms with Gasteiger partial charge in [-0.15, -0.1) is 0 Å². The van der Waals surface area contributed by atoms with Crippen LogP contribution in [0.2, 0.25) is 0 Å². The summed E-state index contributed by atoms with van der Waals surface area (Å²) in [5.41, 5.74) is -4.07. The van der Waals surface area contributed by atoms with Crippen molar-refractivity contribution in [2.45, 2.75) is 88.7 Å². The van der Waals surface area contributed by atoms with Crippen molar-refractivity contribution in [3.8, 4) is 17.2 Å². The van der Waals surface area contributed by atoms with E-state index in [2.05, 4.69) is 10.6 Å². The van der Waals surface area contributed by atoms with Gasteiger partial charge in [0.2, 0.25) is 17.6 Å². The maximum Gasteiger partial charge on any atom is 0.242 e. The summed E-state index contributed by atoms with van der Waals surface area (Å²) in [6.07, 6.45) is -5.98. The lowest BCUT2D eigenvalue weighted by Crippen LogP contribution is -2.58. The summed E-state index contributed by atoms with van der Waals surface area (Å²) in [4.78, 5) is 64.9. The van der Waals surface area contributed by atoms with Gasteiger partial charge in [-0.3, -0.25) is 24.0 Å². The Kier molecular flexibility index (Phi) is 9.63. The Hall–Kier alpha value is -4.41. The van der Waals surface area contributed by atoms with Crippen LogP contribution >= 0.6 is 0 Å². The molecule has 2 unspecified atom stereocenters. The van der Waals surface area contributed by atoms with Gasteiger partial charge in [-0.1, -0.05) is 19.1 Å². The van der Waals surface area contributed by atoms with Crippen LogP contribution in [0.5, 0.6) is 17.2 Å². The van der Waals surface area contributed by atoms with Crippen LogP contribution in [0.3, 0.4) is 0 Å². The second kappa shape index (κ2) is 13.2. The summed E-state index contributed by atoms with van der Waals surface area (Å²) < 4.78 is 17.3. The van der Waals surface area contributed by atoms with Gasteiger partial charge in [0.15, 0.2) is 17.9 Å². The van der Waals surface area contributed by atoms with Crippen molar-refractivity contribution in [1.82, 2.24) is 10.6 Å². The van der Waals surface area contributed by atoms with Gasteiger partial charge in [-0.05, 0) is 19.4 Å². The molecule has 2 aromatic rings. The number of nitrogens with one attached hydrogen (secondary N) is 2. The fourth-order valence-corrected chi connectivity index (χ4v) is 6.74. The highest BCUT2D eigenvalue weighted by atomic mass is 16.7. The molecule has 1 fully saturated rings. The van der Waals surface area contributed by atoms with Gasteiger partial charge in [0.25, 0.3) is 0 Å². The first-order valence-corrected chi connectivity index (χ1v) is 15.5. The predicted octanol–water partition coefficient (Wildman–Crippen LogP) is 0.0735. The quantitative estimate of drug-likeness (QED) is 0.149. The highest BCUT2D eigenvalue weighted by Crippen LogP contribution is 2.52. The average molecular weight is 671 g/mol. The Balaban J connectivity index is 1.56. The van der Waals surface area contributed by atoms with Gasteiger partial charge in [0, 0.05) is 42.9 Å². The molecule has 0 bridgehead atoms. The van der Waals surface area contributed by atoms with Crippen molar-refractivity contribution in [1.29, 1.82) is 0 Å². The maximum atomic E-state index is 13.8. The summed E-state index contributed by atoms with van der Waals surface area (Å²) in [5, 5.41) is 60.4. The molecule has 0 saturated carbocycles. The Morgan fingerprint density at radius 2 is 1.79 bits per heavy atom. The van der Waals surface area contributed by atoms with Crippen molar-refractivity contribution in [3.05, 3.63) is 51.6 Å². The van der Waals surface area contributed by atoms with Gasteiger partial charge >= 0.3 is 0 Å². The SMILES string of the molecule is CCC(NC(C)=O)C(=O)N[C@@H]1C[C@H](O[C@H]2C[C@](O)(C(=O)CO)Cc3c(O)c4c(c(O)c32)C(=O)c2c(OC)cccc2C4=O)OC(C)[C@H]1O. The number of fused-ring (bicyclic) bond motifs is 3. The Morgan fingerprint density at radius 1 is 1.10 bits per heavy atom. The molecule has 15 heteroatoms. The molecule has 1 saturated heterocycles.